The number of fused-ring (bicyclic) bond motifs is 1. The summed E-state index contributed by atoms with van der Waals surface area (Å²) >= 11 is 0. The number of halogens is 2. The Morgan fingerprint density at radius 1 is 1.35 bits per heavy atom. The molecule has 0 radical (unpaired) electrons. The molecular weight excluding hydrogens is 310 g/mol. The average molecular weight is 322 g/mol. The first-order valence-electron chi connectivity index (χ1n) is 6.68. The van der Waals surface area contributed by atoms with Gasteiger partial charge in [0.1, 0.15) is 11.4 Å². The third-order valence-corrected chi connectivity index (χ3v) is 3.55. The molecule has 120 valence electrons. The highest BCUT2D eigenvalue weighted by Gasteiger charge is 2.33. The van der Waals surface area contributed by atoms with Gasteiger partial charge < -0.3 is 15.8 Å². The van der Waals surface area contributed by atoms with Crippen molar-refractivity contribution in [2.45, 2.75) is 19.0 Å². The van der Waals surface area contributed by atoms with Gasteiger partial charge in [-0.3, -0.25) is 14.7 Å². The first-order valence-corrected chi connectivity index (χ1v) is 6.68. The van der Waals surface area contributed by atoms with Crippen LogP contribution in [0, 0.1) is 0 Å². The van der Waals surface area contributed by atoms with Gasteiger partial charge in [-0.15, -0.1) is 0 Å². The van der Waals surface area contributed by atoms with E-state index in [0.717, 1.165) is 0 Å². The lowest BCUT2D eigenvalue weighted by atomic mass is 9.85. The van der Waals surface area contributed by atoms with Gasteiger partial charge >= 0.3 is 6.61 Å². The quantitative estimate of drug-likeness (QED) is 0.793. The van der Waals surface area contributed by atoms with Crippen LogP contribution in [0.1, 0.15) is 34.0 Å². The number of amides is 2. The van der Waals surface area contributed by atoms with Gasteiger partial charge in [-0.05, 0) is 17.7 Å². The molecule has 1 atom stereocenters. The Labute approximate surface area is 128 Å². The molecule has 3 rings (SSSR count). The molecule has 0 saturated carbocycles. The number of nitrogens with two attached hydrogens (primary N) is 1. The fraction of sp³-hybridized carbons (Fsp3) is 0.214. The number of alkyl halides is 2. The van der Waals surface area contributed by atoms with Crippen LogP contribution >= 0.6 is 0 Å². The number of carbonyl (C=O) groups is 2. The third kappa shape index (κ3) is 2.85. The summed E-state index contributed by atoms with van der Waals surface area (Å²) in [6.07, 6.45) is 0.0852. The Hall–Kier alpha value is -2.97. The molecule has 0 aliphatic carbocycles. The van der Waals surface area contributed by atoms with Crippen molar-refractivity contribution >= 4 is 17.6 Å². The van der Waals surface area contributed by atoms with Crippen LogP contribution < -0.4 is 15.8 Å². The monoisotopic (exact) mass is 322 g/mol. The lowest BCUT2D eigenvalue weighted by molar-refractivity contribution is -0.116. The molecule has 1 aromatic carbocycles. The zero-order valence-electron chi connectivity index (χ0n) is 11.7. The van der Waals surface area contributed by atoms with Crippen LogP contribution in [-0.4, -0.2) is 28.6 Å². The van der Waals surface area contributed by atoms with Crippen molar-refractivity contribution in [3.05, 3.63) is 41.1 Å². The molecule has 0 bridgehead atoms. The number of aromatic nitrogens is 2. The van der Waals surface area contributed by atoms with Gasteiger partial charge in [0.05, 0.1) is 0 Å². The Bertz CT molecular complexity index is 758. The Morgan fingerprint density at radius 3 is 2.65 bits per heavy atom. The van der Waals surface area contributed by atoms with Gasteiger partial charge in [0.25, 0.3) is 5.91 Å². The predicted octanol–water partition coefficient (Wildman–Crippen LogP) is 1.58. The fourth-order valence-electron chi connectivity index (χ4n) is 2.61. The zero-order valence-corrected chi connectivity index (χ0v) is 11.7. The Balaban J connectivity index is 1.98. The summed E-state index contributed by atoms with van der Waals surface area (Å²) in [5.41, 5.74) is 6.56. The number of rotatable bonds is 4. The molecule has 23 heavy (non-hydrogen) atoms. The molecule has 2 heterocycles. The van der Waals surface area contributed by atoms with E-state index in [9.17, 15) is 18.4 Å². The minimum absolute atomic E-state index is 0.00607. The van der Waals surface area contributed by atoms with Crippen molar-refractivity contribution in [3.8, 4) is 5.75 Å². The van der Waals surface area contributed by atoms with Crippen LogP contribution in [0.15, 0.2) is 24.3 Å². The van der Waals surface area contributed by atoms with E-state index in [0.29, 0.717) is 11.1 Å². The van der Waals surface area contributed by atoms with E-state index in [-0.39, 0.29) is 29.6 Å². The van der Waals surface area contributed by atoms with E-state index in [2.05, 4.69) is 20.3 Å². The van der Waals surface area contributed by atoms with Crippen molar-refractivity contribution < 1.29 is 23.1 Å². The molecule has 1 aromatic heterocycles. The van der Waals surface area contributed by atoms with Crippen LogP contribution in [0.5, 0.6) is 5.75 Å². The Morgan fingerprint density at radius 2 is 2.04 bits per heavy atom. The summed E-state index contributed by atoms with van der Waals surface area (Å²) in [6.45, 7) is -2.91. The topological polar surface area (TPSA) is 110 Å². The van der Waals surface area contributed by atoms with Gasteiger partial charge in [-0.1, -0.05) is 12.1 Å². The largest absolute Gasteiger partial charge is 0.435 e. The molecule has 4 N–H and O–H groups in total. The minimum Gasteiger partial charge on any atom is -0.435 e. The highest BCUT2D eigenvalue weighted by atomic mass is 19.3. The molecule has 0 saturated heterocycles. The third-order valence-electron chi connectivity index (χ3n) is 3.55. The summed E-state index contributed by atoms with van der Waals surface area (Å²) in [6, 6.07) is 5.86. The van der Waals surface area contributed by atoms with Crippen molar-refractivity contribution in [1.82, 2.24) is 10.2 Å². The van der Waals surface area contributed by atoms with Crippen LogP contribution in [0.4, 0.5) is 14.6 Å². The lowest BCUT2D eigenvalue weighted by Crippen LogP contribution is -2.25. The number of hydrogen-bond acceptors (Lipinski definition) is 4. The predicted molar refractivity (Wildman–Crippen MR) is 75.3 cm³/mol. The number of nitrogens with one attached hydrogen (secondary N) is 2. The van der Waals surface area contributed by atoms with Gasteiger partial charge in [0.2, 0.25) is 5.91 Å². The van der Waals surface area contributed by atoms with Crippen LogP contribution in [-0.2, 0) is 4.79 Å². The maximum Gasteiger partial charge on any atom is 0.387 e. The van der Waals surface area contributed by atoms with Crippen LogP contribution in [0.3, 0.4) is 0 Å². The smallest absolute Gasteiger partial charge is 0.387 e. The lowest BCUT2D eigenvalue weighted by Gasteiger charge is -2.23. The first kappa shape index (κ1) is 14.9. The van der Waals surface area contributed by atoms with Crippen molar-refractivity contribution in [2.24, 2.45) is 5.73 Å². The van der Waals surface area contributed by atoms with E-state index in [1.807, 2.05) is 0 Å². The number of H-pyrrole nitrogens is 1. The van der Waals surface area contributed by atoms with Gasteiger partial charge in [0.15, 0.2) is 5.82 Å². The van der Waals surface area contributed by atoms with Crippen molar-refractivity contribution in [3.63, 3.8) is 0 Å². The minimum atomic E-state index is -2.91. The summed E-state index contributed by atoms with van der Waals surface area (Å²) in [7, 11) is 0. The number of aromatic amines is 1. The van der Waals surface area contributed by atoms with Crippen LogP contribution in [0.25, 0.3) is 0 Å². The Kier molecular flexibility index (Phi) is 3.68. The number of ether oxygens (including phenoxy) is 1. The van der Waals surface area contributed by atoms with E-state index < -0.39 is 18.4 Å². The second kappa shape index (κ2) is 5.67. The van der Waals surface area contributed by atoms with Crippen molar-refractivity contribution in [2.75, 3.05) is 5.32 Å². The standard InChI is InChI=1S/C14H12F2N4O3/c15-14(16)23-7-3-1-6(2-4-7)8-5-9(21)18-13-10(8)11(12(17)22)19-20-13/h1-4,8,14H,5H2,(H2,17,22)(H2,18,19,20,21). The maximum absolute atomic E-state index is 12.2. The van der Waals surface area contributed by atoms with Crippen LogP contribution in [0.2, 0.25) is 0 Å². The second-order valence-electron chi connectivity index (χ2n) is 4.98. The molecular formula is C14H12F2N4O3. The number of hydrogen-bond donors (Lipinski definition) is 3. The SMILES string of the molecule is NC(=O)c1[nH]nc2c1C(c1ccc(OC(F)F)cc1)CC(=O)N2. The van der Waals surface area contributed by atoms with E-state index in [1.54, 1.807) is 12.1 Å². The van der Waals surface area contributed by atoms with Gasteiger partial charge in [0, 0.05) is 17.9 Å². The molecule has 0 spiro atoms. The number of anilines is 1. The van der Waals surface area contributed by atoms with E-state index >= 15 is 0 Å². The summed E-state index contributed by atoms with van der Waals surface area (Å²) in [5.74, 6) is -1.17. The zero-order chi connectivity index (χ0) is 16.6. The number of nitrogens with zero attached hydrogens (tertiary/aromatic N) is 1. The van der Waals surface area contributed by atoms with E-state index in [1.165, 1.54) is 12.1 Å². The summed E-state index contributed by atoms with van der Waals surface area (Å²) < 4.78 is 28.7. The molecule has 2 aromatic rings. The first-order chi connectivity index (χ1) is 11.0. The fourth-order valence-corrected chi connectivity index (χ4v) is 2.61. The molecule has 2 amide bonds. The average Bonchev–Trinajstić information content (AvgIpc) is 2.90. The number of benzene rings is 1. The molecule has 7 nitrogen and oxygen atoms in total. The highest BCUT2D eigenvalue weighted by molar-refractivity contribution is 6.00. The normalized spacial score (nSPS) is 16.8. The maximum atomic E-state index is 12.2. The number of carbonyl (C=O) groups excluding carboxylic acids is 2. The van der Waals surface area contributed by atoms with Gasteiger partial charge in [-0.25, -0.2) is 0 Å². The van der Waals surface area contributed by atoms with Crippen molar-refractivity contribution in [1.29, 1.82) is 0 Å². The summed E-state index contributed by atoms with van der Waals surface area (Å²) in [5, 5.41) is 8.95. The van der Waals surface area contributed by atoms with E-state index in [4.69, 9.17) is 5.73 Å². The molecule has 0 fully saturated rings. The summed E-state index contributed by atoms with van der Waals surface area (Å²) in [4.78, 5) is 23.3. The molecule has 1 unspecified atom stereocenters. The van der Waals surface area contributed by atoms with Gasteiger partial charge in [-0.2, -0.15) is 13.9 Å². The highest BCUT2D eigenvalue weighted by Crippen LogP contribution is 2.38. The molecule has 1 aliphatic heterocycles. The number of primary amides is 1. The second-order valence-corrected chi connectivity index (χ2v) is 4.98. The molecule has 1 aliphatic rings. The molecule has 9 heteroatoms.